The summed E-state index contributed by atoms with van der Waals surface area (Å²) >= 11 is 3.54. The Morgan fingerprint density at radius 1 is 1.40 bits per heavy atom. The fourth-order valence-corrected chi connectivity index (χ4v) is 2.72. The Kier molecular flexibility index (Phi) is 3.43. The van der Waals surface area contributed by atoms with Gasteiger partial charge in [-0.25, -0.2) is 0 Å². The van der Waals surface area contributed by atoms with Crippen LogP contribution in [-0.4, -0.2) is 16.6 Å². The van der Waals surface area contributed by atoms with E-state index < -0.39 is 0 Å². The quantitative estimate of drug-likeness (QED) is 0.856. The van der Waals surface area contributed by atoms with Gasteiger partial charge in [0.25, 0.3) is 0 Å². The summed E-state index contributed by atoms with van der Waals surface area (Å²) in [6.07, 6.45) is 0. The van der Waals surface area contributed by atoms with E-state index >= 15 is 0 Å². The van der Waals surface area contributed by atoms with Gasteiger partial charge in [0.2, 0.25) is 0 Å². The van der Waals surface area contributed by atoms with Gasteiger partial charge in [-0.05, 0) is 41.9 Å². The molecule has 5 nitrogen and oxygen atoms in total. The zero-order valence-corrected chi connectivity index (χ0v) is 13.0. The maximum atomic E-state index is 5.96. The molecule has 106 valence electrons. The average Bonchev–Trinajstić information content (AvgIpc) is 2.66. The smallest absolute Gasteiger partial charge is 0.189 e. The molecule has 0 saturated heterocycles. The van der Waals surface area contributed by atoms with E-state index in [2.05, 4.69) is 21.0 Å². The Bertz CT molecular complexity index is 667. The lowest BCUT2D eigenvalue weighted by molar-refractivity contribution is -0.0170. The number of rotatable bonds is 2. The van der Waals surface area contributed by atoms with Crippen molar-refractivity contribution in [2.75, 3.05) is 12.5 Å². The average molecular weight is 338 g/mol. The molecule has 0 radical (unpaired) electrons. The molecule has 1 aliphatic rings. The highest BCUT2D eigenvalue weighted by Gasteiger charge is 2.18. The zero-order chi connectivity index (χ0) is 14.3. The molecule has 0 spiro atoms. The summed E-state index contributed by atoms with van der Waals surface area (Å²) in [5, 5.41) is 4.53. The predicted octanol–water partition coefficient (Wildman–Crippen LogP) is 2.76. The second-order valence-electron chi connectivity index (χ2n) is 4.92. The van der Waals surface area contributed by atoms with E-state index in [1.54, 1.807) is 0 Å². The molecule has 0 aliphatic carbocycles. The molecule has 0 bridgehead atoms. The number of anilines is 1. The molecule has 6 heteroatoms. The van der Waals surface area contributed by atoms with Crippen molar-refractivity contribution in [1.29, 1.82) is 0 Å². The van der Waals surface area contributed by atoms with Crippen LogP contribution in [0.1, 0.15) is 22.5 Å². The van der Waals surface area contributed by atoms with E-state index in [0.717, 1.165) is 32.7 Å². The first-order valence-corrected chi connectivity index (χ1v) is 7.17. The van der Waals surface area contributed by atoms with Gasteiger partial charge in [0.15, 0.2) is 6.79 Å². The van der Waals surface area contributed by atoms with E-state index in [4.69, 9.17) is 15.2 Å². The predicted molar refractivity (Wildman–Crippen MR) is 79.6 cm³/mol. The van der Waals surface area contributed by atoms with Gasteiger partial charge in [-0.15, -0.1) is 0 Å². The van der Waals surface area contributed by atoms with Gasteiger partial charge in [-0.1, -0.05) is 0 Å². The summed E-state index contributed by atoms with van der Waals surface area (Å²) in [4.78, 5) is 0. The largest absolute Gasteiger partial charge is 0.467 e. The molecule has 0 saturated carbocycles. The lowest BCUT2D eigenvalue weighted by Crippen LogP contribution is -2.15. The van der Waals surface area contributed by atoms with Crippen molar-refractivity contribution < 1.29 is 9.47 Å². The number of aryl methyl sites for hydroxylation is 1. The van der Waals surface area contributed by atoms with Crippen molar-refractivity contribution in [3.8, 4) is 5.75 Å². The molecule has 3 rings (SSSR count). The molecule has 20 heavy (non-hydrogen) atoms. The third kappa shape index (κ3) is 2.29. The van der Waals surface area contributed by atoms with Gasteiger partial charge in [-0.2, -0.15) is 5.10 Å². The summed E-state index contributed by atoms with van der Waals surface area (Å²) in [6, 6.07) is 3.84. The van der Waals surface area contributed by atoms with Crippen LogP contribution in [0.5, 0.6) is 5.75 Å². The lowest BCUT2D eigenvalue weighted by atomic mass is 10.1. The second kappa shape index (κ2) is 5.10. The van der Waals surface area contributed by atoms with Crippen LogP contribution in [0.4, 0.5) is 5.69 Å². The first-order chi connectivity index (χ1) is 9.56. The molecule has 2 aromatic rings. The van der Waals surface area contributed by atoms with E-state index in [0.29, 0.717) is 18.8 Å². The summed E-state index contributed by atoms with van der Waals surface area (Å²) < 4.78 is 13.9. The molecule has 2 heterocycles. The van der Waals surface area contributed by atoms with Gasteiger partial charge < -0.3 is 15.2 Å². The van der Waals surface area contributed by atoms with Gasteiger partial charge in [0, 0.05) is 16.8 Å². The van der Waals surface area contributed by atoms with Crippen LogP contribution in [0.3, 0.4) is 0 Å². The second-order valence-corrected chi connectivity index (χ2v) is 5.71. The Hall–Kier alpha value is -1.53. The third-order valence-corrected chi connectivity index (χ3v) is 4.57. The van der Waals surface area contributed by atoms with E-state index in [9.17, 15) is 0 Å². The molecule has 0 fully saturated rings. The van der Waals surface area contributed by atoms with Crippen molar-refractivity contribution in [2.45, 2.75) is 27.0 Å². The Labute approximate surface area is 125 Å². The van der Waals surface area contributed by atoms with Crippen LogP contribution in [0, 0.1) is 13.8 Å². The number of halogens is 1. The Morgan fingerprint density at radius 3 is 2.90 bits per heavy atom. The molecule has 1 aliphatic heterocycles. The topological polar surface area (TPSA) is 62.3 Å². The van der Waals surface area contributed by atoms with Crippen LogP contribution in [0.15, 0.2) is 16.6 Å². The minimum atomic E-state index is 0.282. The number of ether oxygens (including phenoxy) is 2. The van der Waals surface area contributed by atoms with Gasteiger partial charge in [0.1, 0.15) is 5.75 Å². The SMILES string of the molecule is Cc1nn(Cc2cc(N)cc3c2OCOC3)c(C)c1Br. The molecule has 1 aromatic carbocycles. The first-order valence-electron chi connectivity index (χ1n) is 6.37. The summed E-state index contributed by atoms with van der Waals surface area (Å²) in [5.74, 6) is 0.870. The Morgan fingerprint density at radius 2 is 2.20 bits per heavy atom. The number of nitrogen functional groups attached to an aromatic ring is 1. The molecule has 2 N–H and O–H groups in total. The van der Waals surface area contributed by atoms with Crippen molar-refractivity contribution >= 4 is 21.6 Å². The molecule has 1 aromatic heterocycles. The highest BCUT2D eigenvalue weighted by Crippen LogP contribution is 2.32. The molecule has 0 amide bonds. The minimum Gasteiger partial charge on any atom is -0.467 e. The third-order valence-electron chi connectivity index (χ3n) is 3.42. The van der Waals surface area contributed by atoms with E-state index in [1.807, 2.05) is 30.7 Å². The van der Waals surface area contributed by atoms with Crippen molar-refractivity contribution in [3.05, 3.63) is 39.1 Å². The highest BCUT2D eigenvalue weighted by atomic mass is 79.9. The fraction of sp³-hybridized carbons (Fsp3) is 0.357. The molecular formula is C14H16BrN3O2. The summed E-state index contributed by atoms with van der Waals surface area (Å²) in [7, 11) is 0. The van der Waals surface area contributed by atoms with E-state index in [1.165, 1.54) is 0 Å². The highest BCUT2D eigenvalue weighted by molar-refractivity contribution is 9.10. The number of hydrogen-bond donors (Lipinski definition) is 1. The standard InChI is InChI=1S/C14H16BrN3O2/c1-8-13(15)9(2)18(17-8)5-10-3-12(16)4-11-6-19-7-20-14(10)11/h3-4H,5-7,16H2,1-2H3. The van der Waals surface area contributed by atoms with Crippen LogP contribution < -0.4 is 10.5 Å². The number of benzene rings is 1. The molecular weight excluding hydrogens is 322 g/mol. The number of aromatic nitrogens is 2. The van der Waals surface area contributed by atoms with E-state index in [-0.39, 0.29) is 6.79 Å². The molecule has 0 atom stereocenters. The van der Waals surface area contributed by atoms with Crippen molar-refractivity contribution in [2.24, 2.45) is 0 Å². The monoisotopic (exact) mass is 337 g/mol. The van der Waals surface area contributed by atoms with Crippen molar-refractivity contribution in [1.82, 2.24) is 9.78 Å². The number of nitrogens with two attached hydrogens (primary N) is 1. The fourth-order valence-electron chi connectivity index (χ4n) is 2.43. The van der Waals surface area contributed by atoms with Crippen LogP contribution in [0.25, 0.3) is 0 Å². The minimum absolute atomic E-state index is 0.282. The Balaban J connectivity index is 2.02. The normalized spacial score (nSPS) is 13.9. The summed E-state index contributed by atoms with van der Waals surface area (Å²) in [5.41, 5.74) is 10.8. The lowest BCUT2D eigenvalue weighted by Gasteiger charge is -2.21. The maximum Gasteiger partial charge on any atom is 0.189 e. The molecule has 0 unspecified atom stereocenters. The van der Waals surface area contributed by atoms with Gasteiger partial charge >= 0.3 is 0 Å². The van der Waals surface area contributed by atoms with Crippen molar-refractivity contribution in [3.63, 3.8) is 0 Å². The number of fused-ring (bicyclic) bond motifs is 1. The van der Waals surface area contributed by atoms with Gasteiger partial charge in [0.05, 0.1) is 29.0 Å². The zero-order valence-electron chi connectivity index (χ0n) is 11.4. The maximum absolute atomic E-state index is 5.96. The number of nitrogens with zero attached hydrogens (tertiary/aromatic N) is 2. The summed E-state index contributed by atoms with van der Waals surface area (Å²) in [6.45, 7) is 5.46. The van der Waals surface area contributed by atoms with Crippen LogP contribution in [-0.2, 0) is 17.9 Å². The number of hydrogen-bond acceptors (Lipinski definition) is 4. The first kappa shape index (κ1) is 13.5. The van der Waals surface area contributed by atoms with Gasteiger partial charge in [-0.3, -0.25) is 4.68 Å². The van der Waals surface area contributed by atoms with Crippen LogP contribution in [0.2, 0.25) is 0 Å². The van der Waals surface area contributed by atoms with Crippen LogP contribution >= 0.6 is 15.9 Å².